The van der Waals surface area contributed by atoms with Crippen molar-refractivity contribution in [3.05, 3.63) is 16.9 Å². The Labute approximate surface area is 131 Å². The van der Waals surface area contributed by atoms with Gasteiger partial charge in [-0.25, -0.2) is 9.97 Å². The summed E-state index contributed by atoms with van der Waals surface area (Å²) >= 11 is 8.90. The number of aromatic nitrogens is 2. The predicted octanol–water partition coefficient (Wildman–Crippen LogP) is 2.63. The maximum atomic E-state index is 12.0. The Kier molecular flexibility index (Phi) is 6.04. The molecule has 1 aromatic rings. The van der Waals surface area contributed by atoms with E-state index < -0.39 is 0 Å². The van der Waals surface area contributed by atoms with E-state index in [2.05, 4.69) is 25.9 Å². The fourth-order valence-electron chi connectivity index (χ4n) is 2.15. The van der Waals surface area contributed by atoms with Gasteiger partial charge in [0, 0.05) is 31.2 Å². The number of hydrogen-bond acceptors (Lipinski definition) is 4. The lowest BCUT2D eigenvalue weighted by Gasteiger charge is -2.32. The number of alkyl halides is 1. The third-order valence-electron chi connectivity index (χ3n) is 3.12. The second-order valence-electron chi connectivity index (χ2n) is 4.70. The number of amides is 1. The first-order valence-electron chi connectivity index (χ1n) is 6.67. The largest absolute Gasteiger partial charge is 0.458 e. The van der Waals surface area contributed by atoms with E-state index in [0.29, 0.717) is 24.9 Å². The first kappa shape index (κ1) is 15.5. The Morgan fingerprint density at radius 3 is 2.95 bits per heavy atom. The summed E-state index contributed by atoms with van der Waals surface area (Å²) in [5, 5.41) is 0. The summed E-state index contributed by atoms with van der Waals surface area (Å²) in [4.78, 5) is 22.0. The standard InChI is InChI=1S/C13H17BrClN3O2/c14-10-7-16-13(17-8-10)20-11-3-2-6-18(9-11)12(19)4-1-5-15/h7-8,11H,1-6,9H2. The van der Waals surface area contributed by atoms with Crippen LogP contribution < -0.4 is 4.74 Å². The van der Waals surface area contributed by atoms with Crippen LogP contribution in [-0.4, -0.2) is 45.8 Å². The fourth-order valence-corrected chi connectivity index (χ4v) is 2.49. The summed E-state index contributed by atoms with van der Waals surface area (Å²) in [6.07, 6.45) is 6.34. The average Bonchev–Trinajstić information content (AvgIpc) is 2.47. The Morgan fingerprint density at radius 2 is 2.25 bits per heavy atom. The summed E-state index contributed by atoms with van der Waals surface area (Å²) in [6.45, 7) is 1.39. The maximum absolute atomic E-state index is 12.0. The lowest BCUT2D eigenvalue weighted by Crippen LogP contribution is -2.44. The zero-order chi connectivity index (χ0) is 14.4. The van der Waals surface area contributed by atoms with Crippen molar-refractivity contribution in [2.24, 2.45) is 0 Å². The number of nitrogens with zero attached hydrogens (tertiary/aromatic N) is 3. The van der Waals surface area contributed by atoms with E-state index in [9.17, 15) is 4.79 Å². The van der Waals surface area contributed by atoms with Gasteiger partial charge in [-0.1, -0.05) is 0 Å². The third kappa shape index (κ3) is 4.59. The van der Waals surface area contributed by atoms with Crippen molar-refractivity contribution in [1.29, 1.82) is 0 Å². The van der Waals surface area contributed by atoms with Crippen molar-refractivity contribution in [2.75, 3.05) is 19.0 Å². The molecule has 1 saturated heterocycles. The SMILES string of the molecule is O=C(CCCCl)N1CCCC(Oc2ncc(Br)cn2)C1. The van der Waals surface area contributed by atoms with Gasteiger partial charge >= 0.3 is 6.01 Å². The van der Waals surface area contributed by atoms with Crippen molar-refractivity contribution in [1.82, 2.24) is 14.9 Å². The highest BCUT2D eigenvalue weighted by Crippen LogP contribution is 2.17. The number of hydrogen-bond donors (Lipinski definition) is 0. The van der Waals surface area contributed by atoms with Gasteiger partial charge in [0.25, 0.3) is 0 Å². The van der Waals surface area contributed by atoms with Gasteiger partial charge in [0.15, 0.2) is 0 Å². The number of piperidine rings is 1. The molecule has 2 rings (SSSR count). The van der Waals surface area contributed by atoms with Crippen LogP contribution in [0.2, 0.25) is 0 Å². The fraction of sp³-hybridized carbons (Fsp3) is 0.615. The van der Waals surface area contributed by atoms with Crippen LogP contribution in [0.25, 0.3) is 0 Å². The molecule has 0 bridgehead atoms. The first-order chi connectivity index (χ1) is 9.69. The second kappa shape index (κ2) is 7.78. The molecule has 0 aliphatic carbocycles. The van der Waals surface area contributed by atoms with Crippen molar-refractivity contribution in [3.63, 3.8) is 0 Å². The monoisotopic (exact) mass is 361 g/mol. The molecule has 1 amide bonds. The first-order valence-corrected chi connectivity index (χ1v) is 7.99. The molecule has 0 saturated carbocycles. The lowest BCUT2D eigenvalue weighted by atomic mass is 10.1. The highest BCUT2D eigenvalue weighted by atomic mass is 79.9. The van der Waals surface area contributed by atoms with Crippen molar-refractivity contribution >= 4 is 33.4 Å². The van der Waals surface area contributed by atoms with Crippen LogP contribution in [0.4, 0.5) is 0 Å². The van der Waals surface area contributed by atoms with E-state index in [0.717, 1.165) is 30.3 Å². The molecule has 0 radical (unpaired) electrons. The van der Waals surface area contributed by atoms with E-state index in [-0.39, 0.29) is 12.0 Å². The van der Waals surface area contributed by atoms with E-state index >= 15 is 0 Å². The van der Waals surface area contributed by atoms with E-state index in [1.807, 2.05) is 4.90 Å². The molecule has 110 valence electrons. The molecular formula is C13H17BrClN3O2. The van der Waals surface area contributed by atoms with Crippen LogP contribution in [0.15, 0.2) is 16.9 Å². The number of likely N-dealkylation sites (tertiary alicyclic amines) is 1. The van der Waals surface area contributed by atoms with E-state index in [1.165, 1.54) is 0 Å². The predicted molar refractivity (Wildman–Crippen MR) is 79.9 cm³/mol. The normalized spacial score (nSPS) is 18.9. The minimum Gasteiger partial charge on any atom is -0.458 e. The molecule has 1 fully saturated rings. The summed E-state index contributed by atoms with van der Waals surface area (Å²) < 4.78 is 6.54. The molecular weight excluding hydrogens is 346 g/mol. The van der Waals surface area contributed by atoms with Gasteiger partial charge < -0.3 is 9.64 Å². The van der Waals surface area contributed by atoms with Crippen LogP contribution in [0, 0.1) is 0 Å². The number of carbonyl (C=O) groups is 1. The van der Waals surface area contributed by atoms with Gasteiger partial charge in [0.05, 0.1) is 11.0 Å². The Morgan fingerprint density at radius 1 is 1.50 bits per heavy atom. The van der Waals surface area contributed by atoms with E-state index in [1.54, 1.807) is 12.4 Å². The molecule has 1 aliphatic rings. The van der Waals surface area contributed by atoms with Gasteiger partial charge in [-0.15, -0.1) is 11.6 Å². The smallest absolute Gasteiger partial charge is 0.316 e. The highest BCUT2D eigenvalue weighted by molar-refractivity contribution is 9.10. The Hall–Kier alpha value is -0.880. The van der Waals surface area contributed by atoms with E-state index in [4.69, 9.17) is 16.3 Å². The maximum Gasteiger partial charge on any atom is 0.316 e. The van der Waals surface area contributed by atoms with Gasteiger partial charge in [-0.2, -0.15) is 0 Å². The number of ether oxygens (including phenoxy) is 1. The molecule has 20 heavy (non-hydrogen) atoms. The van der Waals surface area contributed by atoms with Gasteiger partial charge in [-0.05, 0) is 35.2 Å². The molecule has 0 spiro atoms. The molecule has 1 unspecified atom stereocenters. The molecule has 1 atom stereocenters. The number of rotatable bonds is 5. The molecule has 7 heteroatoms. The molecule has 2 heterocycles. The van der Waals surface area contributed by atoms with Crippen LogP contribution >= 0.6 is 27.5 Å². The summed E-state index contributed by atoms with van der Waals surface area (Å²) in [6, 6.07) is 0.355. The average molecular weight is 363 g/mol. The lowest BCUT2D eigenvalue weighted by molar-refractivity contribution is -0.133. The van der Waals surface area contributed by atoms with Crippen molar-refractivity contribution in [2.45, 2.75) is 31.8 Å². The summed E-state index contributed by atoms with van der Waals surface area (Å²) in [5.74, 6) is 0.669. The topological polar surface area (TPSA) is 55.3 Å². The molecule has 1 aromatic heterocycles. The van der Waals surface area contributed by atoms with Crippen molar-refractivity contribution < 1.29 is 9.53 Å². The molecule has 0 N–H and O–H groups in total. The zero-order valence-corrected chi connectivity index (χ0v) is 13.4. The van der Waals surface area contributed by atoms with Crippen LogP contribution in [0.5, 0.6) is 6.01 Å². The number of carbonyl (C=O) groups excluding carboxylic acids is 1. The van der Waals surface area contributed by atoms with Gasteiger partial charge in [0.1, 0.15) is 6.10 Å². The van der Waals surface area contributed by atoms with Crippen LogP contribution in [-0.2, 0) is 4.79 Å². The number of halogens is 2. The highest BCUT2D eigenvalue weighted by Gasteiger charge is 2.25. The quantitative estimate of drug-likeness (QED) is 0.756. The molecule has 5 nitrogen and oxygen atoms in total. The van der Waals surface area contributed by atoms with Gasteiger partial charge in [0.2, 0.25) is 5.91 Å². The minimum atomic E-state index is -0.0372. The summed E-state index contributed by atoms with van der Waals surface area (Å²) in [7, 11) is 0. The van der Waals surface area contributed by atoms with Crippen LogP contribution in [0.3, 0.4) is 0 Å². The third-order valence-corrected chi connectivity index (χ3v) is 3.80. The minimum absolute atomic E-state index is 0.0372. The second-order valence-corrected chi connectivity index (χ2v) is 5.99. The van der Waals surface area contributed by atoms with Crippen molar-refractivity contribution in [3.8, 4) is 6.01 Å². The molecule has 0 aromatic carbocycles. The van der Waals surface area contributed by atoms with Gasteiger partial charge in [-0.3, -0.25) is 4.79 Å². The molecule has 1 aliphatic heterocycles. The Bertz CT molecular complexity index is 444. The Balaban J connectivity index is 1.86. The zero-order valence-electron chi connectivity index (χ0n) is 11.1. The summed E-state index contributed by atoms with van der Waals surface area (Å²) in [5.41, 5.74) is 0. The van der Waals surface area contributed by atoms with Crippen LogP contribution in [0.1, 0.15) is 25.7 Å².